The van der Waals surface area contributed by atoms with Crippen LogP contribution in [0.5, 0.6) is 0 Å². The van der Waals surface area contributed by atoms with Crippen LogP contribution in [-0.2, 0) is 5.41 Å². The first-order valence-corrected chi connectivity index (χ1v) is 22.3. The molecule has 0 heterocycles. The van der Waals surface area contributed by atoms with E-state index in [9.17, 15) is 0 Å². The third-order valence-corrected chi connectivity index (χ3v) is 13.7. The van der Waals surface area contributed by atoms with Gasteiger partial charge in [-0.2, -0.15) is 0 Å². The smallest absolute Gasteiger partial charge is 0.0546 e. The van der Waals surface area contributed by atoms with Crippen molar-refractivity contribution in [3.63, 3.8) is 0 Å². The largest absolute Gasteiger partial charge is 0.310 e. The molecule has 12 rings (SSSR count). The number of rotatable bonds is 7. The summed E-state index contributed by atoms with van der Waals surface area (Å²) in [7, 11) is 0. The SMILES string of the molecule is CC1(C)c2ccccc2-c2cccc(-c3ccc(N(c4ccc(-c5cccc6ccccc56)cc4)c4cc(-c5cccc6ccccc56)ccc4-c4cccc5ccccc45)cc3)c21. The highest BCUT2D eigenvalue weighted by Gasteiger charge is 2.37. The maximum atomic E-state index is 2.47. The molecule has 0 spiro atoms. The normalized spacial score (nSPS) is 12.7. The number of anilines is 3. The Hall–Kier alpha value is -8.00. The Labute approximate surface area is 375 Å². The average molecular weight is 816 g/mol. The van der Waals surface area contributed by atoms with Gasteiger partial charge in [-0.05, 0) is 124 Å². The van der Waals surface area contributed by atoms with Gasteiger partial charge in [0, 0.05) is 22.4 Å². The Bertz CT molecular complexity index is 3560. The van der Waals surface area contributed by atoms with Gasteiger partial charge in [-0.15, -0.1) is 0 Å². The molecule has 0 N–H and O–H groups in total. The minimum Gasteiger partial charge on any atom is -0.310 e. The highest BCUT2D eigenvalue weighted by atomic mass is 15.1. The second-order valence-electron chi connectivity index (χ2n) is 17.6. The summed E-state index contributed by atoms with van der Waals surface area (Å²) in [5.74, 6) is 0. The number of nitrogens with zero attached hydrogens (tertiary/aromatic N) is 1. The van der Waals surface area contributed by atoms with E-state index < -0.39 is 0 Å². The number of hydrogen-bond donors (Lipinski definition) is 0. The van der Waals surface area contributed by atoms with Crippen LogP contribution in [0.1, 0.15) is 25.0 Å². The Kier molecular flexibility index (Phi) is 8.91. The van der Waals surface area contributed by atoms with E-state index in [1.165, 1.54) is 99.1 Å². The van der Waals surface area contributed by atoms with Crippen molar-refractivity contribution >= 4 is 49.4 Å². The van der Waals surface area contributed by atoms with E-state index in [2.05, 4.69) is 255 Å². The first-order chi connectivity index (χ1) is 31.5. The zero-order valence-electron chi connectivity index (χ0n) is 36.0. The van der Waals surface area contributed by atoms with Crippen LogP contribution in [0.3, 0.4) is 0 Å². The summed E-state index contributed by atoms with van der Waals surface area (Å²) in [5, 5.41) is 7.42. The van der Waals surface area contributed by atoms with Crippen LogP contribution in [0.15, 0.2) is 237 Å². The predicted molar refractivity (Wildman–Crippen MR) is 273 cm³/mol. The predicted octanol–water partition coefficient (Wildman–Crippen LogP) is 17.6. The molecule has 0 amide bonds. The van der Waals surface area contributed by atoms with Gasteiger partial charge in [0.2, 0.25) is 0 Å². The lowest BCUT2D eigenvalue weighted by molar-refractivity contribution is 0.662. The van der Waals surface area contributed by atoms with Gasteiger partial charge in [-0.25, -0.2) is 0 Å². The fraction of sp³-hybridized carbons (Fsp3) is 0.0476. The van der Waals surface area contributed by atoms with Crippen LogP contribution < -0.4 is 4.90 Å². The number of hydrogen-bond acceptors (Lipinski definition) is 1. The summed E-state index contributed by atoms with van der Waals surface area (Å²) >= 11 is 0. The molecule has 1 aliphatic carbocycles. The Morgan fingerprint density at radius 3 is 1.31 bits per heavy atom. The Balaban J connectivity index is 1.07. The van der Waals surface area contributed by atoms with E-state index in [-0.39, 0.29) is 5.41 Å². The maximum absolute atomic E-state index is 2.47. The second-order valence-corrected chi connectivity index (χ2v) is 17.6. The van der Waals surface area contributed by atoms with Crippen molar-refractivity contribution in [1.82, 2.24) is 0 Å². The molecule has 1 heteroatoms. The van der Waals surface area contributed by atoms with Gasteiger partial charge in [0.1, 0.15) is 0 Å². The van der Waals surface area contributed by atoms with E-state index in [4.69, 9.17) is 0 Å². The average Bonchev–Trinajstić information content (AvgIpc) is 3.60. The zero-order valence-corrected chi connectivity index (χ0v) is 36.0. The molecule has 0 atom stereocenters. The highest BCUT2D eigenvalue weighted by molar-refractivity contribution is 6.04. The first-order valence-electron chi connectivity index (χ1n) is 22.3. The first kappa shape index (κ1) is 37.7. The van der Waals surface area contributed by atoms with Gasteiger partial charge in [0.15, 0.2) is 0 Å². The fourth-order valence-electron chi connectivity index (χ4n) is 10.6. The molecule has 1 nitrogen and oxygen atoms in total. The van der Waals surface area contributed by atoms with Gasteiger partial charge in [-0.1, -0.05) is 220 Å². The molecule has 0 fully saturated rings. The lowest BCUT2D eigenvalue weighted by atomic mass is 9.79. The quantitative estimate of drug-likeness (QED) is 0.155. The van der Waals surface area contributed by atoms with Crippen molar-refractivity contribution in [2.24, 2.45) is 0 Å². The summed E-state index contributed by atoms with van der Waals surface area (Å²) < 4.78 is 0. The van der Waals surface area contributed by atoms with E-state index in [1.54, 1.807) is 0 Å². The number of benzene rings is 11. The summed E-state index contributed by atoms with van der Waals surface area (Å²) in [6.45, 7) is 4.74. The van der Waals surface area contributed by atoms with E-state index in [1.807, 2.05) is 0 Å². The van der Waals surface area contributed by atoms with Crippen LogP contribution in [0.2, 0.25) is 0 Å². The summed E-state index contributed by atoms with van der Waals surface area (Å²) in [4.78, 5) is 2.47. The lowest BCUT2D eigenvalue weighted by Crippen LogP contribution is -2.16. The lowest BCUT2D eigenvalue weighted by Gasteiger charge is -2.29. The van der Waals surface area contributed by atoms with Crippen LogP contribution >= 0.6 is 0 Å². The molecular formula is C63H45N. The molecular weight excluding hydrogens is 771 g/mol. The molecule has 0 aromatic heterocycles. The summed E-state index contributed by atoms with van der Waals surface area (Å²) in [6.07, 6.45) is 0. The molecule has 0 bridgehead atoms. The zero-order chi connectivity index (χ0) is 42.8. The third kappa shape index (κ3) is 6.15. The van der Waals surface area contributed by atoms with Crippen LogP contribution in [-0.4, -0.2) is 0 Å². The maximum Gasteiger partial charge on any atom is 0.0546 e. The molecule has 0 saturated carbocycles. The molecule has 11 aromatic carbocycles. The van der Waals surface area contributed by atoms with Crippen LogP contribution in [0.4, 0.5) is 17.1 Å². The molecule has 0 aliphatic heterocycles. The van der Waals surface area contributed by atoms with E-state index in [0.29, 0.717) is 0 Å². The molecule has 0 saturated heterocycles. The second kappa shape index (κ2) is 15.1. The fourth-order valence-corrected chi connectivity index (χ4v) is 10.6. The molecule has 0 unspecified atom stereocenters. The monoisotopic (exact) mass is 815 g/mol. The van der Waals surface area contributed by atoms with Gasteiger partial charge in [0.25, 0.3) is 0 Å². The Morgan fingerprint density at radius 1 is 0.297 bits per heavy atom. The number of fused-ring (bicyclic) bond motifs is 6. The molecule has 0 radical (unpaired) electrons. The van der Waals surface area contributed by atoms with Crippen LogP contribution in [0, 0.1) is 0 Å². The van der Waals surface area contributed by atoms with Crippen molar-refractivity contribution in [2.75, 3.05) is 4.90 Å². The molecule has 1 aliphatic rings. The van der Waals surface area contributed by atoms with Crippen molar-refractivity contribution in [1.29, 1.82) is 0 Å². The van der Waals surface area contributed by atoms with E-state index >= 15 is 0 Å². The minimum atomic E-state index is -0.117. The standard InChI is InChI=1S/C63H45N/c1-63(2)60-30-10-9-24-57(60)59-29-14-27-55(62(59)63)46-33-38-49(39-34-46)64(48-36-31-45(32-37-48)52-25-11-18-42-15-3-6-21-50(42)52)61-41-47(54-26-12-19-43-16-4-7-22-51(43)54)35-40-58(61)56-28-13-20-44-17-5-8-23-53(44)56/h3-41H,1-2H3. The van der Waals surface area contributed by atoms with Crippen LogP contribution in [0.25, 0.3) is 88.0 Å². The molecule has 302 valence electrons. The van der Waals surface area contributed by atoms with Crippen molar-refractivity contribution in [3.05, 3.63) is 248 Å². The summed E-state index contributed by atoms with van der Waals surface area (Å²) in [5.41, 5.74) is 18.3. The Morgan fingerprint density at radius 2 is 0.703 bits per heavy atom. The molecule has 11 aromatic rings. The minimum absolute atomic E-state index is 0.117. The van der Waals surface area contributed by atoms with E-state index in [0.717, 1.165) is 17.1 Å². The van der Waals surface area contributed by atoms with Crippen molar-refractivity contribution in [2.45, 2.75) is 19.3 Å². The van der Waals surface area contributed by atoms with Crippen molar-refractivity contribution < 1.29 is 0 Å². The highest BCUT2D eigenvalue weighted by Crippen LogP contribution is 2.53. The topological polar surface area (TPSA) is 3.24 Å². The van der Waals surface area contributed by atoms with Gasteiger partial charge in [0.05, 0.1) is 5.69 Å². The molecule has 64 heavy (non-hydrogen) atoms. The van der Waals surface area contributed by atoms with Gasteiger partial charge < -0.3 is 4.90 Å². The van der Waals surface area contributed by atoms with Crippen molar-refractivity contribution in [3.8, 4) is 55.6 Å². The van der Waals surface area contributed by atoms with Gasteiger partial charge in [-0.3, -0.25) is 0 Å². The summed E-state index contributed by atoms with van der Waals surface area (Å²) in [6, 6.07) is 87.3. The third-order valence-electron chi connectivity index (χ3n) is 13.7. The van der Waals surface area contributed by atoms with Gasteiger partial charge >= 0.3 is 0 Å².